The average molecular weight is 594 g/mol. The van der Waals surface area contributed by atoms with Crippen molar-refractivity contribution in [2.45, 2.75) is 68.5 Å². The van der Waals surface area contributed by atoms with Crippen molar-refractivity contribution in [2.75, 3.05) is 26.2 Å². The standard InChI is InChI=1S/C28H34Cl2N4O4S/c29-21-8-10-23(30)26(16-21)39(37,38)34-14-11-31-28(36)25(34)17-27(35)32-24-6-4-5-20-15-19(7-9-22(20)24)18-33-12-2-1-3-13-33/h7-10,15-16,24-25H,1-6,11-14,17-18H2,(H,31,36)(H,32,35)/t24-,25-/m1/s1. The van der Waals surface area contributed by atoms with Gasteiger partial charge in [-0.3, -0.25) is 14.5 Å². The molecule has 0 aromatic heterocycles. The Bertz CT molecular complexity index is 1350. The summed E-state index contributed by atoms with van der Waals surface area (Å²) in [6, 6.07) is 9.33. The van der Waals surface area contributed by atoms with Gasteiger partial charge in [0.15, 0.2) is 0 Å². The van der Waals surface area contributed by atoms with Crippen molar-refractivity contribution in [3.8, 4) is 0 Å². The van der Waals surface area contributed by atoms with E-state index in [1.807, 2.05) is 0 Å². The van der Waals surface area contributed by atoms with Crippen molar-refractivity contribution >= 4 is 45.0 Å². The number of rotatable bonds is 7. The molecule has 39 heavy (non-hydrogen) atoms. The molecular weight excluding hydrogens is 559 g/mol. The van der Waals surface area contributed by atoms with E-state index < -0.39 is 22.0 Å². The fraction of sp³-hybridized carbons (Fsp3) is 0.500. The van der Waals surface area contributed by atoms with Crippen LogP contribution in [-0.4, -0.2) is 61.7 Å². The van der Waals surface area contributed by atoms with Crippen LogP contribution in [0, 0.1) is 0 Å². The smallest absolute Gasteiger partial charge is 0.245 e. The van der Waals surface area contributed by atoms with Crippen LogP contribution in [0.5, 0.6) is 0 Å². The largest absolute Gasteiger partial charge is 0.353 e. The highest BCUT2D eigenvalue weighted by Crippen LogP contribution is 2.32. The quantitative estimate of drug-likeness (QED) is 0.505. The van der Waals surface area contributed by atoms with E-state index in [1.165, 1.54) is 48.6 Å². The van der Waals surface area contributed by atoms with Gasteiger partial charge in [0.2, 0.25) is 21.8 Å². The fourth-order valence-electron chi connectivity index (χ4n) is 5.90. The Morgan fingerprint density at radius 1 is 1.03 bits per heavy atom. The summed E-state index contributed by atoms with van der Waals surface area (Å²) in [5.41, 5.74) is 3.64. The van der Waals surface area contributed by atoms with Gasteiger partial charge in [0, 0.05) is 24.7 Å². The van der Waals surface area contributed by atoms with Crippen LogP contribution in [-0.2, 0) is 32.6 Å². The number of amides is 2. The van der Waals surface area contributed by atoms with Gasteiger partial charge in [0.05, 0.1) is 17.5 Å². The Balaban J connectivity index is 1.29. The molecule has 5 rings (SSSR count). The molecule has 1 aliphatic carbocycles. The van der Waals surface area contributed by atoms with Gasteiger partial charge in [0.1, 0.15) is 10.9 Å². The first-order chi connectivity index (χ1) is 18.7. The number of benzene rings is 2. The van der Waals surface area contributed by atoms with E-state index in [9.17, 15) is 18.0 Å². The van der Waals surface area contributed by atoms with Crippen molar-refractivity contribution in [3.63, 3.8) is 0 Å². The zero-order valence-electron chi connectivity index (χ0n) is 21.8. The first-order valence-electron chi connectivity index (χ1n) is 13.6. The summed E-state index contributed by atoms with van der Waals surface area (Å²) >= 11 is 12.2. The minimum atomic E-state index is -4.17. The third kappa shape index (κ3) is 6.43. The number of carbonyl (C=O) groups excluding carboxylic acids is 2. The molecule has 8 nitrogen and oxygen atoms in total. The second kappa shape index (κ2) is 12.1. The molecule has 2 heterocycles. The summed E-state index contributed by atoms with van der Waals surface area (Å²) in [6.45, 7) is 3.40. The highest BCUT2D eigenvalue weighted by atomic mass is 35.5. The maximum Gasteiger partial charge on any atom is 0.245 e. The molecule has 0 bridgehead atoms. The van der Waals surface area contributed by atoms with E-state index in [0.29, 0.717) is 0 Å². The molecule has 11 heteroatoms. The number of fused-ring (bicyclic) bond motifs is 1. The summed E-state index contributed by atoms with van der Waals surface area (Å²) < 4.78 is 28.0. The number of carbonyl (C=O) groups is 2. The van der Waals surface area contributed by atoms with E-state index >= 15 is 0 Å². The summed E-state index contributed by atoms with van der Waals surface area (Å²) in [7, 11) is -4.17. The van der Waals surface area contributed by atoms with Crippen LogP contribution in [0.2, 0.25) is 10.0 Å². The van der Waals surface area contributed by atoms with Crippen molar-refractivity contribution in [3.05, 3.63) is 63.1 Å². The number of sulfonamides is 1. The number of hydrogen-bond donors (Lipinski definition) is 2. The summed E-state index contributed by atoms with van der Waals surface area (Å²) in [6.07, 6.45) is 6.23. The van der Waals surface area contributed by atoms with Gasteiger partial charge >= 0.3 is 0 Å². The fourth-order valence-corrected chi connectivity index (χ4v) is 8.22. The monoisotopic (exact) mass is 592 g/mol. The Hall–Kier alpha value is -2.17. The number of hydrogen-bond acceptors (Lipinski definition) is 5. The van der Waals surface area contributed by atoms with Gasteiger partial charge in [-0.05, 0) is 80.1 Å². The van der Waals surface area contributed by atoms with Gasteiger partial charge < -0.3 is 10.6 Å². The van der Waals surface area contributed by atoms with E-state index in [4.69, 9.17) is 23.2 Å². The number of piperidine rings is 1. The predicted molar refractivity (Wildman–Crippen MR) is 151 cm³/mol. The number of nitrogens with one attached hydrogen (secondary N) is 2. The molecule has 2 fully saturated rings. The minimum absolute atomic E-state index is 0.00653. The lowest BCUT2D eigenvalue weighted by Crippen LogP contribution is -2.58. The lowest BCUT2D eigenvalue weighted by atomic mass is 9.86. The molecule has 2 aliphatic heterocycles. The Morgan fingerprint density at radius 2 is 1.82 bits per heavy atom. The molecule has 2 aromatic rings. The van der Waals surface area contributed by atoms with Gasteiger partial charge in [-0.2, -0.15) is 4.31 Å². The van der Waals surface area contributed by atoms with Gasteiger partial charge in [-0.15, -0.1) is 0 Å². The molecule has 2 atom stereocenters. The van der Waals surface area contributed by atoms with Crippen LogP contribution in [0.3, 0.4) is 0 Å². The minimum Gasteiger partial charge on any atom is -0.353 e. The SMILES string of the molecule is O=C(C[C@@H]1C(=O)NCCN1S(=O)(=O)c1cc(Cl)ccc1Cl)N[C@@H]1CCCc2cc(CN3CCCCC3)ccc21. The van der Waals surface area contributed by atoms with Gasteiger partial charge in [0.25, 0.3) is 0 Å². The second-order valence-corrected chi connectivity index (χ2v) is 13.3. The summed E-state index contributed by atoms with van der Waals surface area (Å²) in [5, 5.41) is 5.98. The molecule has 2 N–H and O–H groups in total. The van der Waals surface area contributed by atoms with Crippen LogP contribution >= 0.6 is 23.2 Å². The van der Waals surface area contributed by atoms with Crippen molar-refractivity contribution in [1.29, 1.82) is 0 Å². The van der Waals surface area contributed by atoms with Crippen molar-refractivity contribution < 1.29 is 18.0 Å². The Morgan fingerprint density at radius 3 is 2.62 bits per heavy atom. The van der Waals surface area contributed by atoms with Crippen LogP contribution < -0.4 is 10.6 Å². The summed E-state index contributed by atoms with van der Waals surface area (Å²) in [4.78, 5) is 28.3. The Kier molecular flexibility index (Phi) is 8.83. The maximum absolute atomic E-state index is 13.5. The highest BCUT2D eigenvalue weighted by Gasteiger charge is 2.41. The first kappa shape index (κ1) is 28.4. The average Bonchev–Trinajstić information content (AvgIpc) is 2.91. The molecule has 3 aliphatic rings. The molecule has 0 radical (unpaired) electrons. The molecule has 210 valence electrons. The third-order valence-electron chi connectivity index (χ3n) is 7.85. The molecule has 0 saturated carbocycles. The zero-order chi connectivity index (χ0) is 27.6. The second-order valence-electron chi connectivity index (χ2n) is 10.6. The van der Waals surface area contributed by atoms with Crippen LogP contribution in [0.25, 0.3) is 0 Å². The zero-order valence-corrected chi connectivity index (χ0v) is 24.1. The molecule has 2 saturated heterocycles. The van der Waals surface area contributed by atoms with Gasteiger partial charge in [-0.25, -0.2) is 8.42 Å². The molecule has 0 spiro atoms. The molecule has 2 aromatic carbocycles. The molecular formula is C28H34Cl2N4O4S. The van der Waals surface area contributed by atoms with Gasteiger partial charge in [-0.1, -0.05) is 47.8 Å². The normalized spacial score (nSPS) is 22.7. The maximum atomic E-state index is 13.5. The summed E-state index contributed by atoms with van der Waals surface area (Å²) in [5.74, 6) is -0.880. The van der Waals surface area contributed by atoms with Crippen LogP contribution in [0.4, 0.5) is 0 Å². The van der Waals surface area contributed by atoms with Crippen molar-refractivity contribution in [2.24, 2.45) is 0 Å². The topological polar surface area (TPSA) is 98.8 Å². The lowest BCUT2D eigenvalue weighted by molar-refractivity contribution is -0.132. The Labute approximate surface area is 240 Å². The third-order valence-corrected chi connectivity index (χ3v) is 10.5. The van der Waals surface area contributed by atoms with E-state index in [-0.39, 0.29) is 46.4 Å². The van der Waals surface area contributed by atoms with Crippen molar-refractivity contribution in [1.82, 2.24) is 19.8 Å². The number of aryl methyl sites for hydroxylation is 1. The van der Waals surface area contributed by atoms with E-state index in [1.54, 1.807) is 0 Å². The number of likely N-dealkylation sites (tertiary alicyclic amines) is 1. The van der Waals surface area contributed by atoms with Crippen LogP contribution in [0.1, 0.15) is 61.3 Å². The number of halogens is 2. The molecule has 2 amide bonds. The first-order valence-corrected chi connectivity index (χ1v) is 15.8. The number of piperazine rings is 1. The predicted octanol–water partition coefficient (Wildman–Crippen LogP) is 4.05. The van der Waals surface area contributed by atoms with Crippen LogP contribution in [0.15, 0.2) is 41.3 Å². The number of nitrogens with zero attached hydrogens (tertiary/aromatic N) is 2. The lowest BCUT2D eigenvalue weighted by Gasteiger charge is -2.34. The van der Waals surface area contributed by atoms with E-state index in [2.05, 4.69) is 33.7 Å². The van der Waals surface area contributed by atoms with E-state index in [0.717, 1.165) is 48.8 Å². The molecule has 0 unspecified atom stereocenters. The highest BCUT2D eigenvalue weighted by molar-refractivity contribution is 7.89.